The lowest BCUT2D eigenvalue weighted by atomic mass is 9.96. The molecule has 0 radical (unpaired) electrons. The van der Waals surface area contributed by atoms with E-state index in [4.69, 9.17) is 0 Å². The van der Waals surface area contributed by atoms with Gasteiger partial charge >= 0.3 is 0 Å². The molecule has 1 saturated heterocycles. The smallest absolute Gasteiger partial charge is 0.254 e. The SMILES string of the molecule is CCCCCc1ccc(C(=O)N(Cc2ccc(-c3cccnc3)cc2)C2CCN(CC3=CCCCC3)CC2)cc1. The van der Waals surface area contributed by atoms with Gasteiger partial charge in [0.25, 0.3) is 5.91 Å². The number of aromatic nitrogens is 1. The Morgan fingerprint density at radius 1 is 0.925 bits per heavy atom. The molecule has 0 saturated carbocycles. The van der Waals surface area contributed by atoms with Crippen molar-refractivity contribution in [1.29, 1.82) is 0 Å². The Labute approximate surface area is 241 Å². The third kappa shape index (κ3) is 7.69. The normalized spacial score (nSPS) is 16.5. The third-order valence-corrected chi connectivity index (χ3v) is 8.64. The van der Waals surface area contributed by atoms with Crippen molar-refractivity contribution in [3.63, 3.8) is 0 Å². The molecule has 1 aliphatic carbocycles. The van der Waals surface area contributed by atoms with Crippen molar-refractivity contribution in [1.82, 2.24) is 14.8 Å². The first kappa shape index (κ1) is 28.3. The highest BCUT2D eigenvalue weighted by Crippen LogP contribution is 2.26. The first-order chi connectivity index (χ1) is 19.7. The number of amides is 1. The number of unbranched alkanes of at least 4 members (excludes halogenated alkanes) is 2. The van der Waals surface area contributed by atoms with Gasteiger partial charge in [-0.2, -0.15) is 0 Å². The maximum atomic E-state index is 14.0. The van der Waals surface area contributed by atoms with E-state index in [0.717, 1.165) is 55.6 Å². The molecule has 0 unspecified atom stereocenters. The van der Waals surface area contributed by atoms with Crippen molar-refractivity contribution in [2.45, 2.75) is 83.7 Å². The van der Waals surface area contributed by atoms with Gasteiger partial charge in [-0.25, -0.2) is 0 Å². The fourth-order valence-corrected chi connectivity index (χ4v) is 6.18. The van der Waals surface area contributed by atoms with Gasteiger partial charge in [0.05, 0.1) is 0 Å². The Morgan fingerprint density at radius 3 is 2.38 bits per heavy atom. The molecular formula is C36H45N3O. The first-order valence-electron chi connectivity index (χ1n) is 15.5. The van der Waals surface area contributed by atoms with Crippen LogP contribution < -0.4 is 0 Å². The van der Waals surface area contributed by atoms with E-state index in [0.29, 0.717) is 6.54 Å². The van der Waals surface area contributed by atoms with Gasteiger partial charge in [-0.1, -0.05) is 73.9 Å². The second kappa shape index (κ2) is 14.4. The van der Waals surface area contributed by atoms with Crippen LogP contribution in [0.4, 0.5) is 0 Å². The fraction of sp³-hybridized carbons (Fsp3) is 0.444. The molecule has 210 valence electrons. The summed E-state index contributed by atoms with van der Waals surface area (Å²) in [6, 6.07) is 21.4. The van der Waals surface area contributed by atoms with Crippen LogP contribution in [0.25, 0.3) is 11.1 Å². The predicted molar refractivity (Wildman–Crippen MR) is 165 cm³/mol. The van der Waals surface area contributed by atoms with Crippen LogP contribution in [0.5, 0.6) is 0 Å². The third-order valence-electron chi connectivity index (χ3n) is 8.64. The van der Waals surface area contributed by atoms with Crippen LogP contribution in [0.15, 0.2) is 84.7 Å². The maximum absolute atomic E-state index is 14.0. The summed E-state index contributed by atoms with van der Waals surface area (Å²) in [4.78, 5) is 23.0. The summed E-state index contributed by atoms with van der Waals surface area (Å²) in [7, 11) is 0. The molecule has 4 nitrogen and oxygen atoms in total. The number of hydrogen-bond acceptors (Lipinski definition) is 3. The standard InChI is InChI=1S/C36H45N3O/c1-2-3-5-9-29-13-19-33(20-14-29)36(40)39(28-31-15-17-32(18-16-31)34-12-8-23-37-26-34)35-21-24-38(25-22-35)27-30-10-6-4-7-11-30/h8,10,12-20,23,26,35H,2-7,9,11,21-22,24-25,27-28H2,1H3. The summed E-state index contributed by atoms with van der Waals surface area (Å²) in [6.07, 6.45) is 18.2. The van der Waals surface area contributed by atoms with Gasteiger partial charge in [0.15, 0.2) is 0 Å². The summed E-state index contributed by atoms with van der Waals surface area (Å²) in [5, 5.41) is 0. The molecule has 1 aliphatic heterocycles. The molecule has 1 fully saturated rings. The number of aryl methyl sites for hydroxylation is 1. The second-order valence-corrected chi connectivity index (χ2v) is 11.6. The minimum atomic E-state index is 0.157. The van der Waals surface area contributed by atoms with Gasteiger partial charge in [0, 0.05) is 50.2 Å². The number of carbonyl (C=O) groups is 1. The number of hydrogen-bond donors (Lipinski definition) is 0. The summed E-state index contributed by atoms with van der Waals surface area (Å²) in [5.41, 5.74) is 7.19. The van der Waals surface area contributed by atoms with Crippen LogP contribution in [0.1, 0.15) is 86.2 Å². The van der Waals surface area contributed by atoms with Gasteiger partial charge in [0.2, 0.25) is 0 Å². The van der Waals surface area contributed by atoms with Crippen molar-refractivity contribution >= 4 is 5.91 Å². The van der Waals surface area contributed by atoms with Crippen LogP contribution in [-0.4, -0.2) is 46.4 Å². The molecule has 0 atom stereocenters. The van der Waals surface area contributed by atoms with Gasteiger partial charge < -0.3 is 4.90 Å². The number of likely N-dealkylation sites (tertiary alicyclic amines) is 1. The predicted octanol–water partition coefficient (Wildman–Crippen LogP) is 8.09. The van der Waals surface area contributed by atoms with E-state index in [2.05, 4.69) is 70.2 Å². The lowest BCUT2D eigenvalue weighted by Gasteiger charge is -2.39. The summed E-state index contributed by atoms with van der Waals surface area (Å²) < 4.78 is 0. The number of rotatable bonds is 11. The van der Waals surface area contributed by atoms with E-state index < -0.39 is 0 Å². The second-order valence-electron chi connectivity index (χ2n) is 11.6. The topological polar surface area (TPSA) is 36.4 Å². The summed E-state index contributed by atoms with van der Waals surface area (Å²) in [5.74, 6) is 0.157. The quantitative estimate of drug-likeness (QED) is 0.184. The minimum absolute atomic E-state index is 0.157. The van der Waals surface area contributed by atoms with Gasteiger partial charge in [0.1, 0.15) is 0 Å². The molecule has 0 N–H and O–H groups in total. The zero-order chi connectivity index (χ0) is 27.6. The molecular weight excluding hydrogens is 490 g/mol. The van der Waals surface area contributed by atoms with Crippen LogP contribution >= 0.6 is 0 Å². The highest BCUT2D eigenvalue weighted by Gasteiger charge is 2.29. The Bertz CT molecular complexity index is 1230. The molecule has 1 amide bonds. The first-order valence-corrected chi connectivity index (χ1v) is 15.5. The number of nitrogens with zero attached hydrogens (tertiary/aromatic N) is 3. The highest BCUT2D eigenvalue weighted by molar-refractivity contribution is 5.94. The zero-order valence-electron chi connectivity index (χ0n) is 24.2. The number of carbonyl (C=O) groups excluding carboxylic acids is 1. The average molecular weight is 536 g/mol. The lowest BCUT2D eigenvalue weighted by Crippen LogP contribution is -2.47. The Morgan fingerprint density at radius 2 is 1.70 bits per heavy atom. The highest BCUT2D eigenvalue weighted by atomic mass is 16.2. The molecule has 4 heteroatoms. The lowest BCUT2D eigenvalue weighted by molar-refractivity contribution is 0.0556. The summed E-state index contributed by atoms with van der Waals surface area (Å²) in [6.45, 7) is 6.10. The van der Waals surface area contributed by atoms with Crippen LogP contribution in [-0.2, 0) is 13.0 Å². The van der Waals surface area contributed by atoms with Crippen LogP contribution in [0.2, 0.25) is 0 Å². The van der Waals surface area contributed by atoms with Crippen LogP contribution in [0, 0.1) is 0 Å². The average Bonchev–Trinajstić information content (AvgIpc) is 3.02. The van der Waals surface area contributed by atoms with Crippen molar-refractivity contribution in [2.75, 3.05) is 19.6 Å². The Balaban J connectivity index is 1.29. The summed E-state index contributed by atoms with van der Waals surface area (Å²) >= 11 is 0. The van der Waals surface area contributed by atoms with E-state index in [-0.39, 0.29) is 11.9 Å². The monoisotopic (exact) mass is 535 g/mol. The Kier molecular flexibility index (Phi) is 10.2. The molecule has 2 aliphatic rings. The van der Waals surface area contributed by atoms with Gasteiger partial charge in [-0.3, -0.25) is 14.7 Å². The van der Waals surface area contributed by atoms with E-state index >= 15 is 0 Å². The van der Waals surface area contributed by atoms with E-state index in [1.807, 2.05) is 24.4 Å². The molecule has 5 rings (SSSR count). The number of benzene rings is 2. The molecule has 2 heterocycles. The maximum Gasteiger partial charge on any atom is 0.254 e. The molecule has 40 heavy (non-hydrogen) atoms. The zero-order valence-corrected chi connectivity index (χ0v) is 24.2. The van der Waals surface area contributed by atoms with E-state index in [1.54, 1.807) is 11.8 Å². The van der Waals surface area contributed by atoms with Crippen molar-refractivity contribution < 1.29 is 4.79 Å². The van der Waals surface area contributed by atoms with Crippen molar-refractivity contribution in [3.05, 3.63) is 101 Å². The molecule has 3 aromatic rings. The number of piperidine rings is 1. The molecule has 0 spiro atoms. The van der Waals surface area contributed by atoms with Crippen LogP contribution in [0.3, 0.4) is 0 Å². The fourth-order valence-electron chi connectivity index (χ4n) is 6.18. The largest absolute Gasteiger partial charge is 0.331 e. The molecule has 2 aromatic carbocycles. The minimum Gasteiger partial charge on any atom is -0.331 e. The number of allylic oxidation sites excluding steroid dienone is 1. The van der Waals surface area contributed by atoms with Gasteiger partial charge in [-0.15, -0.1) is 0 Å². The van der Waals surface area contributed by atoms with Crippen molar-refractivity contribution in [3.8, 4) is 11.1 Å². The van der Waals surface area contributed by atoms with E-state index in [9.17, 15) is 4.79 Å². The Hall–Kier alpha value is -3.24. The van der Waals surface area contributed by atoms with E-state index in [1.165, 1.54) is 56.1 Å². The molecule has 1 aromatic heterocycles. The molecule has 0 bridgehead atoms. The number of pyridine rings is 1. The van der Waals surface area contributed by atoms with Crippen molar-refractivity contribution in [2.24, 2.45) is 0 Å². The van der Waals surface area contributed by atoms with Gasteiger partial charge in [-0.05, 0) is 91.8 Å².